The van der Waals surface area contributed by atoms with Crippen LogP contribution in [-0.4, -0.2) is 9.97 Å². The lowest BCUT2D eigenvalue weighted by Crippen LogP contribution is -2.03. The van der Waals surface area contributed by atoms with E-state index in [1.807, 2.05) is 6.20 Å². The van der Waals surface area contributed by atoms with Gasteiger partial charge in [0, 0.05) is 29.4 Å². The lowest BCUT2D eigenvalue weighted by atomic mass is 10.1. The predicted molar refractivity (Wildman–Crippen MR) is 75.8 cm³/mol. The zero-order valence-electron chi connectivity index (χ0n) is 10.4. The fourth-order valence-corrected chi connectivity index (χ4v) is 2.57. The van der Waals surface area contributed by atoms with Crippen LogP contribution >= 0.6 is 15.9 Å². The topological polar surface area (TPSA) is 25.8 Å². The highest BCUT2D eigenvalue weighted by Crippen LogP contribution is 2.40. The van der Waals surface area contributed by atoms with E-state index in [1.54, 1.807) is 12.1 Å². The van der Waals surface area contributed by atoms with Gasteiger partial charge in [0.15, 0.2) is 0 Å². The van der Waals surface area contributed by atoms with Crippen molar-refractivity contribution in [1.82, 2.24) is 9.97 Å². The summed E-state index contributed by atoms with van der Waals surface area (Å²) >= 11 is 3.48. The molecule has 0 saturated heterocycles. The third kappa shape index (κ3) is 3.00. The maximum atomic E-state index is 12.9. The molecule has 98 valence electrons. The summed E-state index contributed by atoms with van der Waals surface area (Å²) in [5.41, 5.74) is 3.41. The van der Waals surface area contributed by atoms with Crippen LogP contribution in [0.2, 0.25) is 0 Å². The van der Waals surface area contributed by atoms with Crippen molar-refractivity contribution in [1.29, 1.82) is 0 Å². The molecule has 0 bridgehead atoms. The molecule has 2 nitrogen and oxygen atoms in total. The number of benzene rings is 1. The van der Waals surface area contributed by atoms with Crippen molar-refractivity contribution in [3.63, 3.8) is 0 Å². The Morgan fingerprint density at radius 2 is 1.95 bits per heavy atom. The second kappa shape index (κ2) is 5.37. The summed E-state index contributed by atoms with van der Waals surface area (Å²) in [6.07, 6.45) is 5.02. The molecule has 1 heterocycles. The van der Waals surface area contributed by atoms with Crippen molar-refractivity contribution < 1.29 is 4.39 Å². The van der Waals surface area contributed by atoms with Crippen molar-refractivity contribution in [3.8, 4) is 0 Å². The van der Waals surface area contributed by atoms with E-state index in [1.165, 1.54) is 36.2 Å². The molecule has 0 N–H and O–H groups in total. The number of hydrogen-bond donors (Lipinski definition) is 0. The summed E-state index contributed by atoms with van der Waals surface area (Å²) in [7, 11) is 0. The maximum Gasteiger partial charge on any atom is 0.132 e. The van der Waals surface area contributed by atoms with Crippen LogP contribution in [0.15, 0.2) is 30.5 Å². The molecule has 0 radical (unpaired) electrons. The smallest absolute Gasteiger partial charge is 0.132 e. The molecule has 1 aromatic carbocycles. The second-order valence-corrected chi connectivity index (χ2v) is 5.47. The van der Waals surface area contributed by atoms with Gasteiger partial charge in [0.2, 0.25) is 0 Å². The van der Waals surface area contributed by atoms with Crippen LogP contribution in [0.4, 0.5) is 4.39 Å². The Morgan fingerprint density at radius 3 is 2.58 bits per heavy atom. The average Bonchev–Trinajstić information content (AvgIpc) is 3.26. The van der Waals surface area contributed by atoms with Crippen LogP contribution in [0.1, 0.15) is 41.4 Å². The highest BCUT2D eigenvalue weighted by molar-refractivity contribution is 9.08. The molecule has 19 heavy (non-hydrogen) atoms. The molecule has 1 aromatic heterocycles. The summed E-state index contributed by atoms with van der Waals surface area (Å²) in [4.78, 5) is 9.09. The van der Waals surface area contributed by atoms with Crippen molar-refractivity contribution >= 4 is 15.9 Å². The Bertz CT molecular complexity index is 579. The average molecular weight is 321 g/mol. The highest BCUT2D eigenvalue weighted by Gasteiger charge is 2.27. The van der Waals surface area contributed by atoms with Crippen molar-refractivity contribution in [2.45, 2.75) is 30.5 Å². The SMILES string of the molecule is Fc1ccc(Cc2ncc(CBr)c(C3CC3)n2)cc1. The molecule has 3 rings (SSSR count). The summed E-state index contributed by atoms with van der Waals surface area (Å²) in [6.45, 7) is 0. The summed E-state index contributed by atoms with van der Waals surface area (Å²) < 4.78 is 12.9. The summed E-state index contributed by atoms with van der Waals surface area (Å²) in [5, 5.41) is 0.801. The minimum atomic E-state index is -0.210. The monoisotopic (exact) mass is 320 g/mol. The fraction of sp³-hybridized carbons (Fsp3) is 0.333. The Hall–Kier alpha value is -1.29. The molecule has 1 fully saturated rings. The van der Waals surface area contributed by atoms with Crippen LogP contribution in [0.3, 0.4) is 0 Å². The fourth-order valence-electron chi connectivity index (χ4n) is 2.14. The number of halogens is 2. The first-order valence-corrected chi connectivity index (χ1v) is 7.53. The molecule has 4 heteroatoms. The van der Waals surface area contributed by atoms with E-state index in [-0.39, 0.29) is 5.82 Å². The number of hydrogen-bond acceptors (Lipinski definition) is 2. The van der Waals surface area contributed by atoms with Gasteiger partial charge >= 0.3 is 0 Å². The number of nitrogens with zero attached hydrogens (tertiary/aromatic N) is 2. The van der Waals surface area contributed by atoms with Crippen LogP contribution in [-0.2, 0) is 11.8 Å². The van der Waals surface area contributed by atoms with E-state index < -0.39 is 0 Å². The first kappa shape index (κ1) is 12.7. The minimum absolute atomic E-state index is 0.210. The molecule has 1 aliphatic rings. The molecule has 0 spiro atoms. The summed E-state index contributed by atoms with van der Waals surface area (Å²) in [6, 6.07) is 6.52. The van der Waals surface area contributed by atoms with Gasteiger partial charge in [-0.2, -0.15) is 0 Å². The van der Waals surface area contributed by atoms with Gasteiger partial charge < -0.3 is 0 Å². The predicted octanol–water partition coefficient (Wildman–Crippen LogP) is 3.98. The van der Waals surface area contributed by atoms with E-state index in [2.05, 4.69) is 25.9 Å². The minimum Gasteiger partial charge on any atom is -0.241 e. The molecule has 0 aliphatic heterocycles. The van der Waals surface area contributed by atoms with Crippen molar-refractivity contribution in [2.75, 3.05) is 0 Å². The maximum absolute atomic E-state index is 12.9. The van der Waals surface area contributed by atoms with Crippen LogP contribution in [0.5, 0.6) is 0 Å². The highest BCUT2D eigenvalue weighted by atomic mass is 79.9. The number of rotatable bonds is 4. The zero-order chi connectivity index (χ0) is 13.2. The lowest BCUT2D eigenvalue weighted by Gasteiger charge is -2.07. The normalized spacial score (nSPS) is 14.6. The molecular formula is C15H14BrFN2. The second-order valence-electron chi connectivity index (χ2n) is 4.91. The number of aromatic nitrogens is 2. The Labute approximate surface area is 120 Å². The molecule has 0 unspecified atom stereocenters. The van der Waals surface area contributed by atoms with Gasteiger partial charge in [-0.05, 0) is 30.5 Å². The van der Waals surface area contributed by atoms with Gasteiger partial charge in [-0.3, -0.25) is 0 Å². The van der Waals surface area contributed by atoms with E-state index >= 15 is 0 Å². The van der Waals surface area contributed by atoms with E-state index in [9.17, 15) is 4.39 Å². The molecule has 0 amide bonds. The molecule has 2 aromatic rings. The largest absolute Gasteiger partial charge is 0.241 e. The van der Waals surface area contributed by atoms with Gasteiger partial charge in [-0.25, -0.2) is 14.4 Å². The van der Waals surface area contributed by atoms with E-state index in [0.29, 0.717) is 12.3 Å². The van der Waals surface area contributed by atoms with Crippen LogP contribution in [0.25, 0.3) is 0 Å². The Morgan fingerprint density at radius 1 is 1.21 bits per heavy atom. The molecule has 1 aliphatic carbocycles. The lowest BCUT2D eigenvalue weighted by molar-refractivity contribution is 0.627. The quantitative estimate of drug-likeness (QED) is 0.796. The zero-order valence-corrected chi connectivity index (χ0v) is 12.0. The van der Waals surface area contributed by atoms with Gasteiger partial charge in [-0.1, -0.05) is 28.1 Å². The van der Waals surface area contributed by atoms with Gasteiger partial charge in [0.1, 0.15) is 11.6 Å². The molecule has 1 saturated carbocycles. The molecule has 0 atom stereocenters. The molecular weight excluding hydrogens is 307 g/mol. The van der Waals surface area contributed by atoms with Gasteiger partial charge in [-0.15, -0.1) is 0 Å². The standard InChI is InChI=1S/C15H14BrFN2/c16-8-12-9-18-14(19-15(12)11-3-4-11)7-10-1-5-13(17)6-2-10/h1-2,5-6,9,11H,3-4,7-8H2. The van der Waals surface area contributed by atoms with Gasteiger partial charge in [0.25, 0.3) is 0 Å². The van der Waals surface area contributed by atoms with Crippen molar-refractivity contribution in [2.24, 2.45) is 0 Å². The third-order valence-corrected chi connectivity index (χ3v) is 3.94. The van der Waals surface area contributed by atoms with Crippen LogP contribution in [0, 0.1) is 5.82 Å². The Balaban J connectivity index is 1.84. The van der Waals surface area contributed by atoms with E-state index in [0.717, 1.165) is 16.7 Å². The number of alkyl halides is 1. The summed E-state index contributed by atoms with van der Waals surface area (Å²) in [5.74, 6) is 1.22. The van der Waals surface area contributed by atoms with Gasteiger partial charge in [0.05, 0.1) is 5.69 Å². The van der Waals surface area contributed by atoms with E-state index in [4.69, 9.17) is 0 Å². The van der Waals surface area contributed by atoms with Crippen molar-refractivity contribution in [3.05, 3.63) is 58.9 Å². The third-order valence-electron chi connectivity index (χ3n) is 3.33. The van der Waals surface area contributed by atoms with Crippen LogP contribution < -0.4 is 0 Å². The Kier molecular flexibility index (Phi) is 3.60. The first-order valence-electron chi connectivity index (χ1n) is 6.41. The first-order chi connectivity index (χ1) is 9.26.